The molecule has 132 valence electrons. The number of methoxy groups -OCH3 is 2. The molecule has 1 N–H and O–H groups in total. The number of rotatable bonds is 7. The number of hydrogen-bond donors (Lipinski definition) is 1. The Kier molecular flexibility index (Phi) is 6.33. The second-order valence-corrected chi connectivity index (χ2v) is 5.07. The molecule has 0 aliphatic rings. The van der Waals surface area contributed by atoms with E-state index in [1.54, 1.807) is 12.1 Å². The minimum atomic E-state index is -0.632. The van der Waals surface area contributed by atoms with Crippen molar-refractivity contribution in [1.29, 1.82) is 0 Å². The van der Waals surface area contributed by atoms with Crippen LogP contribution in [0.5, 0.6) is 11.5 Å². The molecule has 0 saturated carbocycles. The van der Waals surface area contributed by atoms with E-state index in [1.807, 2.05) is 0 Å². The molecular formula is C18H18FNO5. The van der Waals surface area contributed by atoms with Crippen LogP contribution in [0.1, 0.15) is 15.9 Å². The van der Waals surface area contributed by atoms with Crippen LogP contribution in [-0.2, 0) is 16.1 Å². The number of benzene rings is 2. The van der Waals surface area contributed by atoms with E-state index in [1.165, 1.54) is 44.6 Å². The van der Waals surface area contributed by atoms with Gasteiger partial charge in [0.05, 0.1) is 14.2 Å². The van der Waals surface area contributed by atoms with Crippen molar-refractivity contribution in [2.45, 2.75) is 6.61 Å². The van der Waals surface area contributed by atoms with Crippen LogP contribution in [0.15, 0.2) is 42.5 Å². The summed E-state index contributed by atoms with van der Waals surface area (Å²) in [7, 11) is 2.94. The second-order valence-electron chi connectivity index (χ2n) is 5.07. The van der Waals surface area contributed by atoms with Gasteiger partial charge in [-0.3, -0.25) is 9.59 Å². The van der Waals surface area contributed by atoms with E-state index >= 15 is 0 Å². The summed E-state index contributed by atoms with van der Waals surface area (Å²) in [6.45, 7) is -0.382. The largest absolute Gasteiger partial charge is 0.497 e. The van der Waals surface area contributed by atoms with E-state index < -0.39 is 17.7 Å². The van der Waals surface area contributed by atoms with E-state index in [0.717, 1.165) is 0 Å². The summed E-state index contributed by atoms with van der Waals surface area (Å²) in [5.74, 6) is -0.599. The molecule has 2 aromatic carbocycles. The van der Waals surface area contributed by atoms with Crippen LogP contribution < -0.4 is 14.8 Å². The maximum Gasteiger partial charge on any atom is 0.325 e. The van der Waals surface area contributed by atoms with Gasteiger partial charge in [0.1, 0.15) is 30.5 Å². The Balaban J connectivity index is 1.87. The van der Waals surface area contributed by atoms with Gasteiger partial charge in [-0.2, -0.15) is 0 Å². The van der Waals surface area contributed by atoms with Crippen LogP contribution in [0.25, 0.3) is 0 Å². The minimum absolute atomic E-state index is 0.0700. The summed E-state index contributed by atoms with van der Waals surface area (Å²) >= 11 is 0. The molecule has 0 unspecified atom stereocenters. The fraction of sp³-hybridized carbons (Fsp3) is 0.222. The number of hydrogen-bond acceptors (Lipinski definition) is 5. The molecule has 0 heterocycles. The highest BCUT2D eigenvalue weighted by molar-refractivity contribution is 5.96. The van der Waals surface area contributed by atoms with Crippen LogP contribution in [-0.4, -0.2) is 32.6 Å². The molecule has 0 aliphatic heterocycles. The number of amides is 1. The van der Waals surface area contributed by atoms with Gasteiger partial charge >= 0.3 is 5.97 Å². The zero-order chi connectivity index (χ0) is 18.2. The summed E-state index contributed by atoms with van der Waals surface area (Å²) < 4.78 is 28.2. The minimum Gasteiger partial charge on any atom is -0.497 e. The molecule has 0 spiro atoms. The highest BCUT2D eigenvalue weighted by atomic mass is 19.1. The molecule has 1 amide bonds. The van der Waals surface area contributed by atoms with Crippen LogP contribution in [0.3, 0.4) is 0 Å². The number of carbonyl (C=O) groups is 2. The standard InChI is InChI=1S/C18H18FNO5/c1-23-15-7-13(8-16(9-15)24-2)18(22)20-10-17(21)25-11-12-4-3-5-14(19)6-12/h3-9H,10-11H2,1-2H3,(H,20,22). The topological polar surface area (TPSA) is 73.9 Å². The molecule has 6 nitrogen and oxygen atoms in total. The first-order chi connectivity index (χ1) is 12.0. The number of nitrogens with one attached hydrogen (secondary N) is 1. The van der Waals surface area contributed by atoms with E-state index in [9.17, 15) is 14.0 Å². The fourth-order valence-electron chi connectivity index (χ4n) is 2.03. The summed E-state index contributed by atoms with van der Waals surface area (Å²) in [6.07, 6.45) is 0. The van der Waals surface area contributed by atoms with Crippen molar-refractivity contribution in [3.05, 3.63) is 59.4 Å². The first kappa shape index (κ1) is 18.3. The SMILES string of the molecule is COc1cc(OC)cc(C(=O)NCC(=O)OCc2cccc(F)c2)c1. The maximum absolute atomic E-state index is 13.0. The maximum atomic E-state index is 13.0. The number of carbonyl (C=O) groups excluding carboxylic acids is 2. The number of ether oxygens (including phenoxy) is 3. The quantitative estimate of drug-likeness (QED) is 0.778. The predicted molar refractivity (Wildman–Crippen MR) is 88.1 cm³/mol. The van der Waals surface area contributed by atoms with Crippen molar-refractivity contribution in [3.8, 4) is 11.5 Å². The zero-order valence-electron chi connectivity index (χ0n) is 13.9. The second kappa shape index (κ2) is 8.68. The Hall–Kier alpha value is -3.09. The summed E-state index contributed by atoms with van der Waals surface area (Å²) in [4.78, 5) is 23.8. The number of halogens is 1. The first-order valence-corrected chi connectivity index (χ1v) is 7.43. The van der Waals surface area contributed by atoms with Crippen molar-refractivity contribution in [1.82, 2.24) is 5.32 Å². The van der Waals surface area contributed by atoms with E-state index in [-0.39, 0.29) is 18.7 Å². The molecule has 0 fully saturated rings. The molecule has 0 aromatic heterocycles. The lowest BCUT2D eigenvalue weighted by atomic mass is 10.2. The average Bonchev–Trinajstić information content (AvgIpc) is 2.63. The Bertz CT molecular complexity index is 741. The third kappa shape index (κ3) is 5.49. The third-order valence-corrected chi connectivity index (χ3v) is 3.30. The summed E-state index contributed by atoms with van der Waals surface area (Å²) in [6, 6.07) is 10.4. The summed E-state index contributed by atoms with van der Waals surface area (Å²) in [5, 5.41) is 2.45. The molecule has 0 radical (unpaired) electrons. The van der Waals surface area contributed by atoms with Gasteiger partial charge in [0.2, 0.25) is 0 Å². The average molecular weight is 347 g/mol. The molecule has 0 aliphatic carbocycles. The van der Waals surface area contributed by atoms with Gasteiger partial charge in [-0.05, 0) is 29.8 Å². The fourth-order valence-corrected chi connectivity index (χ4v) is 2.03. The Morgan fingerprint density at radius 3 is 2.32 bits per heavy atom. The van der Waals surface area contributed by atoms with Crippen molar-refractivity contribution >= 4 is 11.9 Å². The summed E-state index contributed by atoms with van der Waals surface area (Å²) in [5.41, 5.74) is 0.811. The van der Waals surface area contributed by atoms with Crippen molar-refractivity contribution in [3.63, 3.8) is 0 Å². The lowest BCUT2D eigenvalue weighted by molar-refractivity contribution is -0.143. The molecule has 2 aromatic rings. The predicted octanol–water partition coefficient (Wildman–Crippen LogP) is 2.32. The van der Waals surface area contributed by atoms with E-state index in [0.29, 0.717) is 17.1 Å². The van der Waals surface area contributed by atoms with Gasteiger partial charge in [0.25, 0.3) is 5.91 Å². The Morgan fingerprint density at radius 1 is 1.04 bits per heavy atom. The highest BCUT2D eigenvalue weighted by Gasteiger charge is 2.12. The van der Waals surface area contributed by atoms with Crippen molar-refractivity contribution in [2.75, 3.05) is 20.8 Å². The third-order valence-electron chi connectivity index (χ3n) is 3.30. The van der Waals surface area contributed by atoms with Gasteiger partial charge < -0.3 is 19.5 Å². The van der Waals surface area contributed by atoms with Gasteiger partial charge in [-0.15, -0.1) is 0 Å². The lowest BCUT2D eigenvalue weighted by Gasteiger charge is -2.09. The monoisotopic (exact) mass is 347 g/mol. The van der Waals surface area contributed by atoms with Crippen molar-refractivity contribution in [2.24, 2.45) is 0 Å². The Morgan fingerprint density at radius 2 is 1.72 bits per heavy atom. The highest BCUT2D eigenvalue weighted by Crippen LogP contribution is 2.22. The molecule has 25 heavy (non-hydrogen) atoms. The van der Waals surface area contributed by atoms with E-state index in [4.69, 9.17) is 14.2 Å². The Labute approximate surface area is 144 Å². The molecule has 7 heteroatoms. The zero-order valence-corrected chi connectivity index (χ0v) is 13.9. The number of esters is 1. The molecular weight excluding hydrogens is 329 g/mol. The first-order valence-electron chi connectivity index (χ1n) is 7.43. The van der Waals surface area contributed by atoms with Gasteiger partial charge in [-0.1, -0.05) is 12.1 Å². The van der Waals surface area contributed by atoms with Crippen LogP contribution in [0.2, 0.25) is 0 Å². The van der Waals surface area contributed by atoms with Gasteiger partial charge in [-0.25, -0.2) is 4.39 Å². The van der Waals surface area contributed by atoms with Crippen LogP contribution in [0, 0.1) is 5.82 Å². The smallest absolute Gasteiger partial charge is 0.325 e. The van der Waals surface area contributed by atoms with E-state index in [2.05, 4.69) is 5.32 Å². The molecule has 2 rings (SSSR count). The van der Waals surface area contributed by atoms with Gasteiger partial charge in [0.15, 0.2) is 0 Å². The molecule has 0 atom stereocenters. The lowest BCUT2D eigenvalue weighted by Crippen LogP contribution is -2.30. The molecule has 0 bridgehead atoms. The van der Waals surface area contributed by atoms with Gasteiger partial charge in [0, 0.05) is 11.6 Å². The van der Waals surface area contributed by atoms with Crippen LogP contribution >= 0.6 is 0 Å². The van der Waals surface area contributed by atoms with Crippen LogP contribution in [0.4, 0.5) is 4.39 Å². The molecule has 0 saturated heterocycles. The normalized spacial score (nSPS) is 10.0. The van der Waals surface area contributed by atoms with Crippen molar-refractivity contribution < 1.29 is 28.2 Å².